The summed E-state index contributed by atoms with van der Waals surface area (Å²) >= 11 is 0. The van der Waals surface area contributed by atoms with Crippen LogP contribution in [0.4, 0.5) is 0 Å². The summed E-state index contributed by atoms with van der Waals surface area (Å²) in [7, 11) is 1.93. The molecule has 1 aliphatic rings. The molecule has 3 aromatic rings. The van der Waals surface area contributed by atoms with Crippen LogP contribution < -0.4 is 0 Å². The third-order valence-electron chi connectivity index (χ3n) is 5.66. The predicted molar refractivity (Wildman–Crippen MR) is 106 cm³/mol. The first-order valence-corrected chi connectivity index (χ1v) is 9.61. The van der Waals surface area contributed by atoms with E-state index in [2.05, 4.69) is 23.0 Å². The van der Waals surface area contributed by atoms with Gasteiger partial charge in [-0.15, -0.1) is 0 Å². The monoisotopic (exact) mass is 375 g/mol. The van der Waals surface area contributed by atoms with E-state index < -0.39 is 6.10 Å². The second-order valence-electron chi connectivity index (χ2n) is 7.51. The van der Waals surface area contributed by atoms with Crippen LogP contribution in [-0.4, -0.2) is 30.9 Å². The lowest BCUT2D eigenvalue weighted by atomic mass is 10.1. The third kappa shape index (κ3) is 3.59. The summed E-state index contributed by atoms with van der Waals surface area (Å²) in [4.78, 5) is 2.37. The summed E-state index contributed by atoms with van der Waals surface area (Å²) in [6.45, 7) is 5.38. The highest BCUT2D eigenvalue weighted by molar-refractivity contribution is 5.34. The van der Waals surface area contributed by atoms with Gasteiger partial charge in [0.25, 0.3) is 0 Å². The average Bonchev–Trinajstić information content (AvgIpc) is 3.25. The molecule has 0 amide bonds. The number of aliphatic hydroxyl groups is 1. The highest BCUT2D eigenvalue weighted by atomic mass is 16.3. The summed E-state index contributed by atoms with van der Waals surface area (Å²) in [6.07, 6.45) is -0.0234. The summed E-state index contributed by atoms with van der Waals surface area (Å²) in [5.41, 5.74) is 5.99. The van der Waals surface area contributed by atoms with Gasteiger partial charge in [-0.25, -0.2) is 0 Å². The van der Waals surface area contributed by atoms with E-state index >= 15 is 0 Å². The van der Waals surface area contributed by atoms with Crippen molar-refractivity contribution in [2.24, 2.45) is 7.05 Å². The normalized spacial score (nSPS) is 15.2. The number of nitriles is 1. The first kappa shape index (κ1) is 18.5. The van der Waals surface area contributed by atoms with Gasteiger partial charge in [-0.05, 0) is 30.2 Å². The zero-order valence-corrected chi connectivity index (χ0v) is 16.3. The lowest BCUT2D eigenvalue weighted by Gasteiger charge is -2.27. The minimum Gasteiger partial charge on any atom is -0.386 e. The van der Waals surface area contributed by atoms with E-state index in [1.54, 1.807) is 0 Å². The second kappa shape index (κ2) is 7.63. The SMILES string of the molecule is Cc1c(CN2CCn3nc([C@H](O)Cc4ccccc4)cc3C2)cc(C#N)n1C. The largest absolute Gasteiger partial charge is 0.386 e. The van der Waals surface area contributed by atoms with E-state index in [1.807, 2.05) is 58.8 Å². The van der Waals surface area contributed by atoms with Crippen LogP contribution in [0.25, 0.3) is 0 Å². The van der Waals surface area contributed by atoms with Crippen molar-refractivity contribution in [2.45, 2.75) is 39.1 Å². The van der Waals surface area contributed by atoms with E-state index in [0.29, 0.717) is 12.1 Å². The smallest absolute Gasteiger partial charge is 0.120 e. The summed E-state index contributed by atoms with van der Waals surface area (Å²) in [5, 5.41) is 24.5. The molecular weight excluding hydrogens is 350 g/mol. The van der Waals surface area contributed by atoms with E-state index in [-0.39, 0.29) is 0 Å². The van der Waals surface area contributed by atoms with Gasteiger partial charge in [0.05, 0.1) is 17.9 Å². The van der Waals surface area contributed by atoms with E-state index in [9.17, 15) is 10.4 Å². The van der Waals surface area contributed by atoms with Gasteiger partial charge in [-0.3, -0.25) is 9.58 Å². The van der Waals surface area contributed by atoms with Crippen molar-refractivity contribution in [1.29, 1.82) is 5.26 Å². The Morgan fingerprint density at radius 1 is 1.21 bits per heavy atom. The lowest BCUT2D eigenvalue weighted by Crippen LogP contribution is -2.33. The Balaban J connectivity index is 1.45. The van der Waals surface area contributed by atoms with Crippen LogP contribution in [0.15, 0.2) is 42.5 Å². The quantitative estimate of drug-likeness (QED) is 0.744. The number of fused-ring (bicyclic) bond motifs is 1. The van der Waals surface area contributed by atoms with Gasteiger partial charge >= 0.3 is 0 Å². The molecule has 6 nitrogen and oxygen atoms in total. The van der Waals surface area contributed by atoms with Crippen molar-refractivity contribution in [2.75, 3.05) is 6.54 Å². The Kier molecular flexibility index (Phi) is 5.03. The molecule has 0 spiro atoms. The molecular formula is C22H25N5O. The van der Waals surface area contributed by atoms with Gasteiger partial charge in [0.2, 0.25) is 0 Å². The summed E-state index contributed by atoms with van der Waals surface area (Å²) < 4.78 is 3.96. The molecule has 1 aromatic carbocycles. The lowest BCUT2D eigenvalue weighted by molar-refractivity contribution is 0.171. The fourth-order valence-corrected chi connectivity index (χ4v) is 3.85. The second-order valence-corrected chi connectivity index (χ2v) is 7.51. The number of benzene rings is 1. The molecule has 0 aliphatic carbocycles. The number of aromatic nitrogens is 3. The predicted octanol–water partition coefficient (Wildman–Crippen LogP) is 2.69. The summed E-state index contributed by atoms with van der Waals surface area (Å²) in [6, 6.07) is 16.3. The fraction of sp³-hybridized carbons (Fsp3) is 0.364. The van der Waals surface area contributed by atoms with Gasteiger partial charge in [-0.2, -0.15) is 10.4 Å². The molecule has 0 saturated carbocycles. The van der Waals surface area contributed by atoms with Gasteiger partial charge < -0.3 is 9.67 Å². The van der Waals surface area contributed by atoms with Crippen LogP contribution in [0.1, 0.15) is 40.0 Å². The highest BCUT2D eigenvalue weighted by Crippen LogP contribution is 2.23. The molecule has 0 radical (unpaired) electrons. The number of nitrogens with zero attached hydrogens (tertiary/aromatic N) is 5. The molecule has 0 unspecified atom stereocenters. The highest BCUT2D eigenvalue weighted by Gasteiger charge is 2.22. The van der Waals surface area contributed by atoms with Crippen LogP contribution in [0.2, 0.25) is 0 Å². The molecule has 0 bridgehead atoms. The zero-order chi connectivity index (χ0) is 19.7. The molecule has 4 rings (SSSR count). The minimum absolute atomic E-state index is 0.571. The maximum absolute atomic E-state index is 10.6. The maximum Gasteiger partial charge on any atom is 0.120 e. The van der Waals surface area contributed by atoms with Crippen molar-refractivity contribution in [1.82, 2.24) is 19.2 Å². The molecule has 6 heteroatoms. The van der Waals surface area contributed by atoms with Crippen molar-refractivity contribution in [3.8, 4) is 6.07 Å². The number of aliphatic hydroxyl groups excluding tert-OH is 1. The van der Waals surface area contributed by atoms with Crippen LogP contribution in [0.5, 0.6) is 0 Å². The third-order valence-corrected chi connectivity index (χ3v) is 5.66. The molecule has 1 aliphatic heterocycles. The molecule has 28 heavy (non-hydrogen) atoms. The van der Waals surface area contributed by atoms with E-state index in [0.717, 1.165) is 48.8 Å². The molecule has 2 aromatic heterocycles. The van der Waals surface area contributed by atoms with Gasteiger partial charge in [0, 0.05) is 38.8 Å². The van der Waals surface area contributed by atoms with Gasteiger partial charge in [0.15, 0.2) is 0 Å². The molecule has 1 N–H and O–H groups in total. The minimum atomic E-state index is -0.594. The molecule has 3 heterocycles. The Hall–Kier alpha value is -2.88. The van der Waals surface area contributed by atoms with Crippen molar-refractivity contribution < 1.29 is 5.11 Å². The van der Waals surface area contributed by atoms with Crippen LogP contribution in [0.3, 0.4) is 0 Å². The van der Waals surface area contributed by atoms with Gasteiger partial charge in [-0.1, -0.05) is 30.3 Å². The number of hydrogen-bond donors (Lipinski definition) is 1. The van der Waals surface area contributed by atoms with Gasteiger partial charge in [0.1, 0.15) is 17.9 Å². The Bertz CT molecular complexity index is 1010. The van der Waals surface area contributed by atoms with Crippen LogP contribution in [0, 0.1) is 18.3 Å². The standard InChI is InChI=1S/C22H25N5O/c1-16-18(11-19(13-23)25(16)2)14-26-8-9-27-20(15-26)12-21(24-27)22(28)10-17-6-4-3-5-7-17/h3-7,11-12,22,28H,8-10,14-15H2,1-2H3/t22-/m1/s1. The topological polar surface area (TPSA) is 70.0 Å². The average molecular weight is 375 g/mol. The van der Waals surface area contributed by atoms with Crippen LogP contribution in [-0.2, 0) is 33.1 Å². The van der Waals surface area contributed by atoms with Crippen molar-refractivity contribution >= 4 is 0 Å². The maximum atomic E-state index is 10.6. The Morgan fingerprint density at radius 3 is 2.71 bits per heavy atom. The fourth-order valence-electron chi connectivity index (χ4n) is 3.85. The zero-order valence-electron chi connectivity index (χ0n) is 16.3. The number of rotatable bonds is 5. The molecule has 0 saturated heterocycles. The Morgan fingerprint density at radius 2 is 2.00 bits per heavy atom. The first-order valence-electron chi connectivity index (χ1n) is 9.61. The van der Waals surface area contributed by atoms with E-state index in [1.165, 1.54) is 5.56 Å². The molecule has 144 valence electrons. The number of hydrogen-bond acceptors (Lipinski definition) is 4. The molecule has 1 atom stereocenters. The van der Waals surface area contributed by atoms with Crippen molar-refractivity contribution in [3.63, 3.8) is 0 Å². The molecule has 0 fully saturated rings. The van der Waals surface area contributed by atoms with Crippen molar-refractivity contribution in [3.05, 3.63) is 76.4 Å². The summed E-state index contributed by atoms with van der Waals surface area (Å²) in [5.74, 6) is 0. The first-order chi connectivity index (χ1) is 13.5. The Labute approximate surface area is 165 Å². The van der Waals surface area contributed by atoms with Crippen LogP contribution >= 0.6 is 0 Å². The van der Waals surface area contributed by atoms with E-state index in [4.69, 9.17) is 0 Å².